The number of para-hydroxylation sites is 1. The van der Waals surface area contributed by atoms with E-state index in [2.05, 4.69) is 62.0 Å². The zero-order valence-corrected chi connectivity index (χ0v) is 13.6. The average molecular weight is 309 g/mol. The number of rotatable bonds is 2. The molecule has 1 aromatic carbocycles. The van der Waals surface area contributed by atoms with E-state index in [-0.39, 0.29) is 0 Å². The first-order valence-corrected chi connectivity index (χ1v) is 8.42. The van der Waals surface area contributed by atoms with Crippen molar-refractivity contribution >= 4 is 17.3 Å². The molecule has 1 aromatic heterocycles. The minimum absolute atomic E-state index is 1.01. The lowest BCUT2D eigenvalue weighted by molar-refractivity contribution is 0.312. The quantitative estimate of drug-likeness (QED) is 0.851. The maximum Gasteiger partial charge on any atom is 0.138 e. The topological polar surface area (TPSA) is 35.5 Å². The van der Waals surface area contributed by atoms with Gasteiger partial charge in [-0.15, -0.1) is 0 Å². The molecule has 0 saturated carbocycles. The molecule has 0 aliphatic carbocycles. The first kappa shape index (κ1) is 14.5. The maximum atomic E-state index is 4.55. The van der Waals surface area contributed by atoms with Crippen molar-refractivity contribution in [3.05, 3.63) is 42.2 Å². The molecule has 0 bridgehead atoms. The van der Waals surface area contributed by atoms with Gasteiger partial charge < -0.3 is 14.7 Å². The van der Waals surface area contributed by atoms with E-state index >= 15 is 0 Å². The van der Waals surface area contributed by atoms with Crippen LogP contribution in [0.5, 0.6) is 0 Å². The lowest BCUT2D eigenvalue weighted by Crippen LogP contribution is -2.44. The third kappa shape index (κ3) is 2.88. The van der Waals surface area contributed by atoms with Gasteiger partial charge in [-0.2, -0.15) is 0 Å². The standard InChI is InChI=1S/C18H23N5/c1-21-9-11-22(12-10-21)17-13-18(20-14-19-17)23-8-4-6-15-5-2-3-7-16(15)23/h2-3,5,7,13-14H,4,6,8-12H2,1H3. The summed E-state index contributed by atoms with van der Waals surface area (Å²) >= 11 is 0. The molecule has 3 heterocycles. The minimum atomic E-state index is 1.01. The first-order valence-electron chi connectivity index (χ1n) is 8.42. The number of hydrogen-bond acceptors (Lipinski definition) is 5. The van der Waals surface area contributed by atoms with E-state index in [4.69, 9.17) is 0 Å². The Morgan fingerprint density at radius 1 is 0.913 bits per heavy atom. The molecule has 0 spiro atoms. The summed E-state index contributed by atoms with van der Waals surface area (Å²) in [6.07, 6.45) is 4.04. The largest absolute Gasteiger partial charge is 0.354 e. The molecule has 5 heteroatoms. The Morgan fingerprint density at radius 3 is 2.57 bits per heavy atom. The molecule has 0 N–H and O–H groups in total. The van der Waals surface area contributed by atoms with E-state index < -0.39 is 0 Å². The number of aryl methyl sites for hydroxylation is 1. The Balaban J connectivity index is 1.62. The van der Waals surface area contributed by atoms with Gasteiger partial charge >= 0.3 is 0 Å². The van der Waals surface area contributed by atoms with E-state index in [1.807, 2.05) is 0 Å². The molecular weight excluding hydrogens is 286 g/mol. The summed E-state index contributed by atoms with van der Waals surface area (Å²) in [4.78, 5) is 16.1. The second-order valence-corrected chi connectivity index (χ2v) is 6.41. The van der Waals surface area contributed by atoms with Gasteiger partial charge in [0, 0.05) is 44.5 Å². The molecule has 120 valence electrons. The third-order valence-electron chi connectivity index (χ3n) is 4.85. The fourth-order valence-corrected chi connectivity index (χ4v) is 3.46. The van der Waals surface area contributed by atoms with Crippen molar-refractivity contribution in [3.63, 3.8) is 0 Å². The molecular formula is C18H23N5. The van der Waals surface area contributed by atoms with Gasteiger partial charge in [-0.3, -0.25) is 0 Å². The number of anilines is 3. The highest BCUT2D eigenvalue weighted by Crippen LogP contribution is 2.33. The van der Waals surface area contributed by atoms with Crippen molar-refractivity contribution in [3.8, 4) is 0 Å². The Morgan fingerprint density at radius 2 is 1.70 bits per heavy atom. The molecule has 1 saturated heterocycles. The summed E-state index contributed by atoms with van der Waals surface area (Å²) in [6, 6.07) is 10.8. The van der Waals surface area contributed by atoms with E-state index in [1.54, 1.807) is 6.33 Å². The Kier molecular flexibility index (Phi) is 3.87. The monoisotopic (exact) mass is 309 g/mol. The average Bonchev–Trinajstić information content (AvgIpc) is 2.62. The van der Waals surface area contributed by atoms with Crippen LogP contribution >= 0.6 is 0 Å². The predicted molar refractivity (Wildman–Crippen MR) is 93.5 cm³/mol. The van der Waals surface area contributed by atoms with Crippen LogP contribution in [0.3, 0.4) is 0 Å². The highest BCUT2D eigenvalue weighted by molar-refractivity contribution is 5.67. The van der Waals surface area contributed by atoms with Gasteiger partial charge in [-0.05, 0) is 31.5 Å². The lowest BCUT2D eigenvalue weighted by atomic mass is 10.0. The van der Waals surface area contributed by atoms with Crippen LogP contribution in [-0.2, 0) is 6.42 Å². The number of fused-ring (bicyclic) bond motifs is 1. The Hall–Kier alpha value is -2.14. The second kappa shape index (κ2) is 6.16. The highest BCUT2D eigenvalue weighted by atomic mass is 15.3. The van der Waals surface area contributed by atoms with Crippen LogP contribution in [0, 0.1) is 0 Å². The van der Waals surface area contributed by atoms with Crippen LogP contribution in [0.4, 0.5) is 17.3 Å². The van der Waals surface area contributed by atoms with Gasteiger partial charge in [-0.1, -0.05) is 18.2 Å². The van der Waals surface area contributed by atoms with Crippen LogP contribution in [0.1, 0.15) is 12.0 Å². The summed E-state index contributed by atoms with van der Waals surface area (Å²) < 4.78 is 0. The van der Waals surface area contributed by atoms with Crippen molar-refractivity contribution in [2.45, 2.75) is 12.8 Å². The van der Waals surface area contributed by atoms with Crippen molar-refractivity contribution in [2.24, 2.45) is 0 Å². The van der Waals surface area contributed by atoms with E-state index in [0.29, 0.717) is 0 Å². The zero-order chi connectivity index (χ0) is 15.6. The minimum Gasteiger partial charge on any atom is -0.354 e. The smallest absolute Gasteiger partial charge is 0.138 e. The van der Waals surface area contributed by atoms with Crippen LogP contribution in [0.2, 0.25) is 0 Å². The first-order chi connectivity index (χ1) is 11.3. The summed E-state index contributed by atoms with van der Waals surface area (Å²) in [5, 5.41) is 0. The number of hydrogen-bond donors (Lipinski definition) is 0. The van der Waals surface area contributed by atoms with Crippen molar-refractivity contribution in [1.82, 2.24) is 14.9 Å². The van der Waals surface area contributed by atoms with Crippen molar-refractivity contribution < 1.29 is 0 Å². The molecule has 4 rings (SSSR count). The number of piperazine rings is 1. The van der Waals surface area contributed by atoms with E-state index in [0.717, 1.165) is 50.8 Å². The number of nitrogens with zero attached hydrogens (tertiary/aromatic N) is 5. The SMILES string of the molecule is CN1CCN(c2cc(N3CCCc4ccccc43)ncn2)CC1. The fraction of sp³-hybridized carbons (Fsp3) is 0.444. The molecule has 2 aliphatic heterocycles. The fourth-order valence-electron chi connectivity index (χ4n) is 3.46. The zero-order valence-electron chi connectivity index (χ0n) is 13.6. The summed E-state index contributed by atoms with van der Waals surface area (Å²) in [5.74, 6) is 2.06. The molecule has 1 fully saturated rings. The lowest BCUT2D eigenvalue weighted by Gasteiger charge is -2.34. The van der Waals surface area contributed by atoms with Crippen LogP contribution in [0.15, 0.2) is 36.7 Å². The van der Waals surface area contributed by atoms with Gasteiger partial charge in [0.05, 0.1) is 0 Å². The van der Waals surface area contributed by atoms with Crippen molar-refractivity contribution in [1.29, 1.82) is 0 Å². The van der Waals surface area contributed by atoms with Gasteiger partial charge in [0.2, 0.25) is 0 Å². The van der Waals surface area contributed by atoms with E-state index in [1.165, 1.54) is 17.7 Å². The number of aromatic nitrogens is 2. The Bertz CT molecular complexity index is 679. The molecule has 0 atom stereocenters. The molecule has 23 heavy (non-hydrogen) atoms. The molecule has 0 unspecified atom stereocenters. The molecule has 2 aliphatic rings. The Labute approximate surface area is 137 Å². The molecule has 2 aromatic rings. The van der Waals surface area contributed by atoms with Crippen molar-refractivity contribution in [2.75, 3.05) is 49.6 Å². The second-order valence-electron chi connectivity index (χ2n) is 6.41. The molecule has 0 radical (unpaired) electrons. The van der Waals surface area contributed by atoms with E-state index in [9.17, 15) is 0 Å². The highest BCUT2D eigenvalue weighted by Gasteiger charge is 2.21. The van der Waals surface area contributed by atoms with Gasteiger partial charge in [0.15, 0.2) is 0 Å². The number of benzene rings is 1. The van der Waals surface area contributed by atoms with Gasteiger partial charge in [-0.25, -0.2) is 9.97 Å². The molecule has 0 amide bonds. The number of likely N-dealkylation sites (N-methyl/N-ethyl adjacent to an activating group) is 1. The maximum absolute atomic E-state index is 4.55. The summed E-state index contributed by atoms with van der Waals surface area (Å²) in [6.45, 7) is 5.26. The summed E-state index contributed by atoms with van der Waals surface area (Å²) in [5.41, 5.74) is 2.71. The normalized spacial score (nSPS) is 18.8. The van der Waals surface area contributed by atoms with Crippen LogP contribution in [-0.4, -0.2) is 54.6 Å². The van der Waals surface area contributed by atoms with Crippen LogP contribution < -0.4 is 9.80 Å². The molecule has 5 nitrogen and oxygen atoms in total. The third-order valence-corrected chi connectivity index (χ3v) is 4.85. The van der Waals surface area contributed by atoms with Crippen LogP contribution in [0.25, 0.3) is 0 Å². The van der Waals surface area contributed by atoms with Gasteiger partial charge in [0.25, 0.3) is 0 Å². The summed E-state index contributed by atoms with van der Waals surface area (Å²) in [7, 11) is 2.17. The van der Waals surface area contributed by atoms with Gasteiger partial charge in [0.1, 0.15) is 18.0 Å². The predicted octanol–water partition coefficient (Wildman–Crippen LogP) is 2.31.